The van der Waals surface area contributed by atoms with Gasteiger partial charge in [0.2, 0.25) is 11.8 Å². The topological polar surface area (TPSA) is 67.4 Å². The molecule has 0 aliphatic carbocycles. The molecule has 0 radical (unpaired) electrons. The molecule has 0 bridgehead atoms. The number of nitrogens with one attached hydrogen (secondary N) is 2. The highest BCUT2D eigenvalue weighted by Gasteiger charge is 2.18. The molecule has 118 valence electrons. The molecule has 2 N–H and O–H groups in total. The molecule has 1 aliphatic rings. The number of hydrogen-bond donors (Lipinski definition) is 2. The van der Waals surface area contributed by atoms with Crippen LogP contribution in [0.25, 0.3) is 0 Å². The summed E-state index contributed by atoms with van der Waals surface area (Å²) in [6.07, 6.45) is 4.22. The molecule has 1 heterocycles. The Balaban J connectivity index is 1.96. The van der Waals surface area contributed by atoms with Crippen LogP contribution >= 0.6 is 0 Å². The lowest BCUT2D eigenvalue weighted by molar-refractivity contribution is -0.119. The van der Waals surface area contributed by atoms with Crippen molar-refractivity contribution in [2.45, 2.75) is 31.8 Å². The number of halogens is 1. The largest absolute Gasteiger partial charge is 0.378 e. The lowest BCUT2D eigenvalue weighted by Gasteiger charge is -2.22. The van der Waals surface area contributed by atoms with Gasteiger partial charge in [0.25, 0.3) is 0 Å². The van der Waals surface area contributed by atoms with E-state index in [9.17, 15) is 14.0 Å². The molecule has 0 spiro atoms. The van der Waals surface area contributed by atoms with Crippen molar-refractivity contribution in [1.82, 2.24) is 0 Å². The maximum atomic E-state index is 13.6. The average Bonchev–Trinajstić information content (AvgIpc) is 2.51. The predicted octanol–water partition coefficient (Wildman–Crippen LogP) is 2.85. The number of amides is 2. The standard InChI is InChI=1S/C16H19FN2O3/c1-2-15(20)19-14-9-11(6-7-13(14)17)18-16(21)10-12-5-3-4-8-22-12/h2,6-7,9,12H,1,3-5,8,10H2,(H,18,21)(H,19,20). The Morgan fingerprint density at radius 1 is 1.36 bits per heavy atom. The average molecular weight is 306 g/mol. The van der Waals surface area contributed by atoms with E-state index in [1.54, 1.807) is 0 Å². The molecule has 6 heteroatoms. The molecule has 1 unspecified atom stereocenters. The Labute approximate surface area is 128 Å². The highest BCUT2D eigenvalue weighted by atomic mass is 19.1. The summed E-state index contributed by atoms with van der Waals surface area (Å²) in [4.78, 5) is 23.2. The summed E-state index contributed by atoms with van der Waals surface area (Å²) in [6.45, 7) is 3.99. The van der Waals surface area contributed by atoms with Crippen molar-refractivity contribution in [2.24, 2.45) is 0 Å². The van der Waals surface area contributed by atoms with Crippen molar-refractivity contribution < 1.29 is 18.7 Å². The second kappa shape index (κ2) is 7.70. The van der Waals surface area contributed by atoms with Gasteiger partial charge in [-0.25, -0.2) is 4.39 Å². The molecule has 1 fully saturated rings. The summed E-state index contributed by atoms with van der Waals surface area (Å²) in [5.41, 5.74) is 0.415. The molecular weight excluding hydrogens is 287 g/mol. The maximum Gasteiger partial charge on any atom is 0.247 e. The van der Waals surface area contributed by atoms with Crippen LogP contribution in [0.4, 0.5) is 15.8 Å². The highest BCUT2D eigenvalue weighted by molar-refractivity contribution is 5.99. The summed E-state index contributed by atoms with van der Waals surface area (Å²) >= 11 is 0. The van der Waals surface area contributed by atoms with Crippen LogP contribution < -0.4 is 10.6 Å². The Bertz CT molecular complexity index is 569. The van der Waals surface area contributed by atoms with E-state index in [1.165, 1.54) is 18.2 Å². The molecule has 1 saturated heterocycles. The number of anilines is 2. The fourth-order valence-corrected chi connectivity index (χ4v) is 2.27. The molecule has 1 atom stereocenters. The van der Waals surface area contributed by atoms with Gasteiger partial charge in [-0.05, 0) is 43.5 Å². The van der Waals surface area contributed by atoms with Gasteiger partial charge in [0, 0.05) is 12.3 Å². The smallest absolute Gasteiger partial charge is 0.247 e. The number of hydrogen-bond acceptors (Lipinski definition) is 3. The first-order valence-electron chi connectivity index (χ1n) is 7.23. The van der Waals surface area contributed by atoms with Gasteiger partial charge in [0.1, 0.15) is 5.82 Å². The van der Waals surface area contributed by atoms with E-state index < -0.39 is 11.7 Å². The molecule has 5 nitrogen and oxygen atoms in total. The van der Waals surface area contributed by atoms with E-state index >= 15 is 0 Å². The van der Waals surface area contributed by atoms with Crippen molar-refractivity contribution in [3.05, 3.63) is 36.7 Å². The van der Waals surface area contributed by atoms with E-state index in [1.807, 2.05) is 0 Å². The van der Waals surface area contributed by atoms with Gasteiger partial charge < -0.3 is 15.4 Å². The molecule has 2 rings (SSSR count). The number of carbonyl (C=O) groups excluding carboxylic acids is 2. The van der Waals surface area contributed by atoms with E-state index in [-0.39, 0.29) is 24.1 Å². The first-order chi connectivity index (χ1) is 10.6. The molecule has 22 heavy (non-hydrogen) atoms. The van der Waals surface area contributed by atoms with Gasteiger partial charge in [-0.3, -0.25) is 9.59 Å². The van der Waals surface area contributed by atoms with Gasteiger partial charge in [0.15, 0.2) is 0 Å². The van der Waals surface area contributed by atoms with Crippen LogP contribution in [0.2, 0.25) is 0 Å². The SMILES string of the molecule is C=CC(=O)Nc1cc(NC(=O)CC2CCCCO2)ccc1F. The Kier molecular flexibility index (Phi) is 5.66. The van der Waals surface area contributed by atoms with Crippen molar-refractivity contribution in [2.75, 3.05) is 17.2 Å². The van der Waals surface area contributed by atoms with E-state index in [0.717, 1.165) is 25.3 Å². The number of ether oxygens (including phenoxy) is 1. The van der Waals surface area contributed by atoms with Crippen LogP contribution in [0.5, 0.6) is 0 Å². The van der Waals surface area contributed by atoms with Crippen LogP contribution in [-0.4, -0.2) is 24.5 Å². The van der Waals surface area contributed by atoms with Gasteiger partial charge in [-0.15, -0.1) is 0 Å². The van der Waals surface area contributed by atoms with Gasteiger partial charge in [-0.2, -0.15) is 0 Å². The number of rotatable bonds is 5. The van der Waals surface area contributed by atoms with Crippen molar-refractivity contribution in [1.29, 1.82) is 0 Å². The van der Waals surface area contributed by atoms with Crippen LogP contribution in [0, 0.1) is 5.82 Å². The van der Waals surface area contributed by atoms with Crippen LogP contribution in [0.15, 0.2) is 30.9 Å². The first-order valence-corrected chi connectivity index (χ1v) is 7.23. The van der Waals surface area contributed by atoms with Gasteiger partial charge >= 0.3 is 0 Å². The lowest BCUT2D eigenvalue weighted by Crippen LogP contribution is -2.25. The fourth-order valence-electron chi connectivity index (χ4n) is 2.27. The number of carbonyl (C=O) groups is 2. The van der Waals surface area contributed by atoms with Crippen molar-refractivity contribution in [3.8, 4) is 0 Å². The van der Waals surface area contributed by atoms with Crippen LogP contribution in [0.3, 0.4) is 0 Å². The third-order valence-corrected chi connectivity index (χ3v) is 3.38. The summed E-state index contributed by atoms with van der Waals surface area (Å²) in [6, 6.07) is 4.00. The van der Waals surface area contributed by atoms with E-state index in [4.69, 9.17) is 4.74 Å². The molecule has 1 aromatic rings. The Morgan fingerprint density at radius 3 is 2.86 bits per heavy atom. The second-order valence-electron chi connectivity index (χ2n) is 5.13. The minimum atomic E-state index is -0.580. The zero-order chi connectivity index (χ0) is 15.9. The Morgan fingerprint density at radius 2 is 2.18 bits per heavy atom. The molecule has 2 amide bonds. The summed E-state index contributed by atoms with van der Waals surface area (Å²) < 4.78 is 19.1. The van der Waals surface area contributed by atoms with Crippen molar-refractivity contribution >= 4 is 23.2 Å². The third-order valence-electron chi connectivity index (χ3n) is 3.38. The van der Waals surface area contributed by atoms with Crippen LogP contribution in [-0.2, 0) is 14.3 Å². The third kappa shape index (κ3) is 4.66. The quantitative estimate of drug-likeness (QED) is 0.822. The lowest BCUT2D eigenvalue weighted by atomic mass is 10.1. The minimum absolute atomic E-state index is 0.00313. The molecule has 0 saturated carbocycles. The fraction of sp³-hybridized carbons (Fsp3) is 0.375. The van der Waals surface area contributed by atoms with E-state index in [0.29, 0.717) is 12.3 Å². The zero-order valence-corrected chi connectivity index (χ0v) is 12.2. The van der Waals surface area contributed by atoms with Crippen molar-refractivity contribution in [3.63, 3.8) is 0 Å². The predicted molar refractivity (Wildman–Crippen MR) is 82.1 cm³/mol. The summed E-state index contributed by atoms with van der Waals surface area (Å²) in [5.74, 6) is -1.29. The molecular formula is C16H19FN2O3. The zero-order valence-electron chi connectivity index (χ0n) is 12.2. The van der Waals surface area contributed by atoms with Gasteiger partial charge in [-0.1, -0.05) is 6.58 Å². The van der Waals surface area contributed by atoms with Crippen LogP contribution in [0.1, 0.15) is 25.7 Å². The normalized spacial score (nSPS) is 17.6. The maximum absolute atomic E-state index is 13.6. The first kappa shape index (κ1) is 16.2. The minimum Gasteiger partial charge on any atom is -0.378 e. The molecule has 1 aliphatic heterocycles. The second-order valence-corrected chi connectivity index (χ2v) is 5.13. The van der Waals surface area contributed by atoms with Gasteiger partial charge in [0.05, 0.1) is 18.2 Å². The Hall–Kier alpha value is -2.21. The molecule has 0 aromatic heterocycles. The summed E-state index contributed by atoms with van der Waals surface area (Å²) in [7, 11) is 0. The number of benzene rings is 1. The summed E-state index contributed by atoms with van der Waals surface area (Å²) in [5, 5.41) is 5.03. The monoisotopic (exact) mass is 306 g/mol. The molecule has 1 aromatic carbocycles. The highest BCUT2D eigenvalue weighted by Crippen LogP contribution is 2.21. The van der Waals surface area contributed by atoms with E-state index in [2.05, 4.69) is 17.2 Å².